The fraction of sp³-hybridized carbons (Fsp3) is 0.333. The molecule has 1 atom stereocenters. The van der Waals surface area contributed by atoms with Gasteiger partial charge in [-0.1, -0.05) is 6.07 Å². The van der Waals surface area contributed by atoms with E-state index >= 15 is 0 Å². The van der Waals surface area contributed by atoms with Crippen LogP contribution in [0.3, 0.4) is 0 Å². The van der Waals surface area contributed by atoms with Gasteiger partial charge in [0.25, 0.3) is 0 Å². The van der Waals surface area contributed by atoms with Crippen molar-refractivity contribution in [1.29, 1.82) is 0 Å². The number of benzene rings is 2. The van der Waals surface area contributed by atoms with Gasteiger partial charge in [0.15, 0.2) is 0 Å². The maximum absolute atomic E-state index is 14.2. The van der Waals surface area contributed by atoms with E-state index in [4.69, 9.17) is 10.5 Å². The molecule has 0 aliphatic rings. The van der Waals surface area contributed by atoms with E-state index in [0.717, 1.165) is 17.1 Å². The smallest absolute Gasteiger partial charge is 0.234 e. The van der Waals surface area contributed by atoms with Crippen LogP contribution in [0.15, 0.2) is 36.4 Å². The molecule has 0 bridgehead atoms. The standard InChI is InChI=1S/C21H24F2N4O2/c1-3-29-9-8-27-19-10-14(16-6-5-15(22)11-17(16)23)4-7-18(19)26-20(27)12-25-13(2)21(24)28/h4-7,10-11,13,25H,3,8-9,12H2,1-2H3,(H2,24,28)/t13-/m0/s1. The molecule has 0 aliphatic carbocycles. The van der Waals surface area contributed by atoms with E-state index in [1.807, 2.05) is 17.6 Å². The lowest BCUT2D eigenvalue weighted by Crippen LogP contribution is -2.38. The number of carbonyl (C=O) groups is 1. The van der Waals surface area contributed by atoms with Crippen molar-refractivity contribution >= 4 is 16.9 Å². The van der Waals surface area contributed by atoms with Crippen LogP contribution in [0.2, 0.25) is 0 Å². The third kappa shape index (κ3) is 4.78. The lowest BCUT2D eigenvalue weighted by Gasteiger charge is -2.13. The summed E-state index contributed by atoms with van der Waals surface area (Å²) < 4.78 is 34.9. The molecule has 3 rings (SSSR count). The zero-order valence-electron chi connectivity index (χ0n) is 16.4. The van der Waals surface area contributed by atoms with E-state index in [1.165, 1.54) is 12.1 Å². The molecule has 3 N–H and O–H groups in total. The summed E-state index contributed by atoms with van der Waals surface area (Å²) in [5.74, 6) is -0.978. The molecule has 29 heavy (non-hydrogen) atoms. The van der Waals surface area contributed by atoms with Crippen molar-refractivity contribution in [2.75, 3.05) is 13.2 Å². The normalized spacial score (nSPS) is 12.4. The summed E-state index contributed by atoms with van der Waals surface area (Å²) >= 11 is 0. The fourth-order valence-electron chi connectivity index (χ4n) is 3.09. The zero-order chi connectivity index (χ0) is 21.0. The summed E-state index contributed by atoms with van der Waals surface area (Å²) in [6.07, 6.45) is 0. The summed E-state index contributed by atoms with van der Waals surface area (Å²) in [5, 5.41) is 3.05. The molecule has 6 nitrogen and oxygen atoms in total. The first-order valence-electron chi connectivity index (χ1n) is 9.45. The van der Waals surface area contributed by atoms with Crippen molar-refractivity contribution in [3.8, 4) is 11.1 Å². The van der Waals surface area contributed by atoms with E-state index < -0.39 is 23.6 Å². The molecule has 0 spiro atoms. The van der Waals surface area contributed by atoms with Crippen LogP contribution in [0.25, 0.3) is 22.2 Å². The summed E-state index contributed by atoms with van der Waals surface area (Å²) in [7, 11) is 0. The van der Waals surface area contributed by atoms with Gasteiger partial charge in [0.05, 0.1) is 30.2 Å². The van der Waals surface area contributed by atoms with Crippen LogP contribution < -0.4 is 11.1 Å². The number of carbonyl (C=O) groups excluding carboxylic acids is 1. The average Bonchev–Trinajstić information content (AvgIpc) is 3.03. The minimum absolute atomic E-state index is 0.313. The van der Waals surface area contributed by atoms with Gasteiger partial charge >= 0.3 is 0 Å². The molecule has 8 heteroatoms. The molecule has 0 radical (unpaired) electrons. The number of amides is 1. The predicted molar refractivity (Wildman–Crippen MR) is 107 cm³/mol. The van der Waals surface area contributed by atoms with Gasteiger partial charge in [0, 0.05) is 24.8 Å². The van der Waals surface area contributed by atoms with Crippen molar-refractivity contribution < 1.29 is 18.3 Å². The van der Waals surface area contributed by atoms with Crippen LogP contribution in [-0.2, 0) is 22.6 Å². The molecular formula is C21H24F2N4O2. The van der Waals surface area contributed by atoms with Gasteiger partial charge in [-0.05, 0) is 43.7 Å². The first-order chi connectivity index (χ1) is 13.9. The summed E-state index contributed by atoms with van der Waals surface area (Å²) in [5.41, 5.74) is 7.78. The third-order valence-electron chi connectivity index (χ3n) is 4.73. The van der Waals surface area contributed by atoms with E-state index in [-0.39, 0.29) is 0 Å². The molecule has 1 aromatic heterocycles. The van der Waals surface area contributed by atoms with Crippen molar-refractivity contribution in [2.24, 2.45) is 5.73 Å². The molecule has 0 saturated heterocycles. The van der Waals surface area contributed by atoms with Gasteiger partial charge in [-0.3, -0.25) is 10.1 Å². The number of nitrogens with two attached hydrogens (primary N) is 1. The molecule has 2 aromatic carbocycles. The largest absolute Gasteiger partial charge is 0.380 e. The monoisotopic (exact) mass is 402 g/mol. The maximum atomic E-state index is 14.2. The number of rotatable bonds is 9. The Morgan fingerprint density at radius 2 is 2.07 bits per heavy atom. The van der Waals surface area contributed by atoms with E-state index in [0.29, 0.717) is 43.3 Å². The van der Waals surface area contributed by atoms with Crippen molar-refractivity contribution in [3.05, 3.63) is 53.9 Å². The number of halogens is 2. The van der Waals surface area contributed by atoms with Crippen LogP contribution >= 0.6 is 0 Å². The maximum Gasteiger partial charge on any atom is 0.234 e. The number of imidazole rings is 1. The topological polar surface area (TPSA) is 82.2 Å². The van der Waals surface area contributed by atoms with Crippen LogP contribution in [0.4, 0.5) is 8.78 Å². The number of primary amides is 1. The highest BCUT2D eigenvalue weighted by Crippen LogP contribution is 2.28. The average molecular weight is 402 g/mol. The van der Waals surface area contributed by atoms with Crippen molar-refractivity contribution in [3.63, 3.8) is 0 Å². The highest BCUT2D eigenvalue weighted by molar-refractivity contribution is 5.83. The highest BCUT2D eigenvalue weighted by Gasteiger charge is 2.15. The minimum Gasteiger partial charge on any atom is -0.380 e. The predicted octanol–water partition coefficient (Wildman–Crippen LogP) is 2.98. The van der Waals surface area contributed by atoms with E-state index in [9.17, 15) is 13.6 Å². The quantitative estimate of drug-likeness (QED) is 0.539. The molecule has 3 aromatic rings. The molecule has 0 fully saturated rings. The highest BCUT2D eigenvalue weighted by atomic mass is 19.1. The number of hydrogen-bond acceptors (Lipinski definition) is 4. The first kappa shape index (κ1) is 20.9. The molecule has 154 valence electrons. The molecule has 0 unspecified atom stereocenters. The first-order valence-corrected chi connectivity index (χ1v) is 9.45. The summed E-state index contributed by atoms with van der Waals surface area (Å²) in [4.78, 5) is 15.9. The van der Waals surface area contributed by atoms with Gasteiger partial charge in [-0.15, -0.1) is 0 Å². The number of hydrogen-bond donors (Lipinski definition) is 2. The Bertz CT molecular complexity index is 1020. The van der Waals surface area contributed by atoms with E-state index in [2.05, 4.69) is 10.3 Å². The minimum atomic E-state index is -0.623. The number of aromatic nitrogens is 2. The number of nitrogens with one attached hydrogen (secondary N) is 1. The Hall–Kier alpha value is -2.84. The van der Waals surface area contributed by atoms with Crippen LogP contribution in [0.1, 0.15) is 19.7 Å². The molecule has 1 amide bonds. The number of fused-ring (bicyclic) bond motifs is 1. The second kappa shape index (κ2) is 9.11. The van der Waals surface area contributed by atoms with Crippen molar-refractivity contribution in [1.82, 2.24) is 14.9 Å². The lowest BCUT2D eigenvalue weighted by atomic mass is 10.0. The third-order valence-corrected chi connectivity index (χ3v) is 4.73. The summed E-state index contributed by atoms with van der Waals surface area (Å²) in [6.45, 7) is 5.55. The van der Waals surface area contributed by atoms with Gasteiger partial charge in [0.2, 0.25) is 5.91 Å². The second-order valence-electron chi connectivity index (χ2n) is 6.71. The second-order valence-corrected chi connectivity index (χ2v) is 6.71. The molecule has 0 saturated carbocycles. The van der Waals surface area contributed by atoms with Gasteiger partial charge in [-0.2, -0.15) is 0 Å². The van der Waals surface area contributed by atoms with Crippen LogP contribution in [0.5, 0.6) is 0 Å². The van der Waals surface area contributed by atoms with Crippen LogP contribution in [0, 0.1) is 11.6 Å². The zero-order valence-corrected chi connectivity index (χ0v) is 16.4. The SMILES string of the molecule is CCOCCn1c(CN[C@@H](C)C(N)=O)nc2ccc(-c3ccc(F)cc3F)cc21. The number of nitrogens with zero attached hydrogens (tertiary/aromatic N) is 2. The Kier molecular flexibility index (Phi) is 6.56. The molecule has 1 heterocycles. The molecule has 0 aliphatic heterocycles. The number of ether oxygens (including phenoxy) is 1. The van der Waals surface area contributed by atoms with Gasteiger partial charge < -0.3 is 15.0 Å². The fourth-order valence-corrected chi connectivity index (χ4v) is 3.09. The Labute approximate surface area is 167 Å². The van der Waals surface area contributed by atoms with Crippen molar-refractivity contribution in [2.45, 2.75) is 33.0 Å². The molecular weight excluding hydrogens is 378 g/mol. The van der Waals surface area contributed by atoms with Gasteiger partial charge in [-0.25, -0.2) is 13.8 Å². The Morgan fingerprint density at radius 3 is 2.76 bits per heavy atom. The van der Waals surface area contributed by atoms with Crippen LogP contribution in [-0.4, -0.2) is 34.7 Å². The van der Waals surface area contributed by atoms with Gasteiger partial charge in [0.1, 0.15) is 17.5 Å². The van der Waals surface area contributed by atoms with E-state index in [1.54, 1.807) is 19.1 Å². The summed E-state index contributed by atoms with van der Waals surface area (Å²) in [6, 6.07) is 8.39. The Balaban J connectivity index is 2.00. The lowest BCUT2D eigenvalue weighted by molar-refractivity contribution is -0.119. The Morgan fingerprint density at radius 1 is 1.28 bits per heavy atom.